The summed E-state index contributed by atoms with van der Waals surface area (Å²) < 4.78 is 5.68. The van der Waals surface area contributed by atoms with Gasteiger partial charge in [0, 0.05) is 12.4 Å². The molecule has 0 saturated carbocycles. The molecule has 1 rings (SSSR count). The Hall–Kier alpha value is -1.13. The first-order chi connectivity index (χ1) is 7.66. The lowest BCUT2D eigenvalue weighted by molar-refractivity contribution is 0.508. The van der Waals surface area contributed by atoms with Crippen molar-refractivity contribution in [2.75, 3.05) is 0 Å². The molecule has 17 heavy (non-hydrogen) atoms. The first-order valence-electron chi connectivity index (χ1n) is 5.70. The molecule has 0 bridgehead atoms. The number of aromatic nitrogens is 2. The van der Waals surface area contributed by atoms with Gasteiger partial charge in [0.15, 0.2) is 0 Å². The zero-order valence-corrected chi connectivity index (χ0v) is 13.5. The van der Waals surface area contributed by atoms with Crippen molar-refractivity contribution in [3.05, 3.63) is 18.0 Å². The van der Waals surface area contributed by atoms with Crippen molar-refractivity contribution in [1.29, 1.82) is 0 Å². The van der Waals surface area contributed by atoms with E-state index in [0.717, 1.165) is 5.56 Å². The van der Waals surface area contributed by atoms with E-state index in [4.69, 9.17) is 4.43 Å². The smallest absolute Gasteiger partial charge is 0.302 e. The van der Waals surface area contributed by atoms with Gasteiger partial charge in [0.1, 0.15) is 8.07 Å². The number of rotatable bonds is 2. The van der Waals surface area contributed by atoms with Crippen molar-refractivity contribution in [1.82, 2.24) is 9.97 Å². The van der Waals surface area contributed by atoms with Gasteiger partial charge in [-0.05, 0) is 19.6 Å². The SMILES string of the molecule is C[Si](C)(C)C#Cc1cnc(O[Si](C)(C)C)nc1. The summed E-state index contributed by atoms with van der Waals surface area (Å²) in [6.45, 7) is 13.0. The monoisotopic (exact) mass is 264 g/mol. The zero-order chi connectivity index (χ0) is 13.1. The normalized spacial score (nSPS) is 11.6. The maximum absolute atomic E-state index is 5.68. The molecular weight excluding hydrogens is 244 g/mol. The lowest BCUT2D eigenvalue weighted by Crippen LogP contribution is -2.30. The minimum atomic E-state index is -1.62. The third kappa shape index (κ3) is 6.24. The van der Waals surface area contributed by atoms with Crippen LogP contribution in [-0.4, -0.2) is 26.4 Å². The van der Waals surface area contributed by atoms with Gasteiger partial charge in [0.25, 0.3) is 0 Å². The lowest BCUT2D eigenvalue weighted by atomic mass is 10.4. The van der Waals surface area contributed by atoms with Gasteiger partial charge in [-0.15, -0.1) is 5.54 Å². The highest BCUT2D eigenvalue weighted by Crippen LogP contribution is 2.09. The highest BCUT2D eigenvalue weighted by atomic mass is 28.4. The average molecular weight is 264 g/mol. The summed E-state index contributed by atoms with van der Waals surface area (Å²) >= 11 is 0. The van der Waals surface area contributed by atoms with Gasteiger partial charge in [-0.3, -0.25) is 0 Å². The summed E-state index contributed by atoms with van der Waals surface area (Å²) in [5.41, 5.74) is 4.14. The van der Waals surface area contributed by atoms with Crippen LogP contribution in [0.2, 0.25) is 39.3 Å². The van der Waals surface area contributed by atoms with Crippen molar-refractivity contribution < 1.29 is 4.43 Å². The van der Waals surface area contributed by atoms with E-state index in [2.05, 4.69) is 60.7 Å². The standard InChI is InChI=1S/C12H20N2OSi2/c1-16(2,3)8-7-11-9-13-12(14-10-11)15-17(4,5)6/h9-10H,1-6H3. The Morgan fingerprint density at radius 2 is 1.53 bits per heavy atom. The molecule has 5 heteroatoms. The molecule has 0 radical (unpaired) electrons. The van der Waals surface area contributed by atoms with Crippen LogP contribution >= 0.6 is 0 Å². The fraction of sp³-hybridized carbons (Fsp3) is 0.500. The van der Waals surface area contributed by atoms with Gasteiger partial charge >= 0.3 is 6.01 Å². The highest BCUT2D eigenvalue weighted by molar-refractivity contribution is 6.83. The van der Waals surface area contributed by atoms with Crippen molar-refractivity contribution >= 4 is 16.4 Å². The van der Waals surface area contributed by atoms with Crippen molar-refractivity contribution in [2.45, 2.75) is 39.3 Å². The molecule has 1 aromatic rings. The largest absolute Gasteiger partial charge is 0.518 e. The minimum absolute atomic E-state index is 0.461. The fourth-order valence-corrected chi connectivity index (χ4v) is 2.14. The molecule has 0 aromatic carbocycles. The van der Waals surface area contributed by atoms with Crippen molar-refractivity contribution in [3.63, 3.8) is 0 Å². The molecule has 0 aliphatic rings. The molecule has 0 N–H and O–H groups in total. The van der Waals surface area contributed by atoms with Crippen LogP contribution in [-0.2, 0) is 0 Å². The van der Waals surface area contributed by atoms with Crippen LogP contribution in [0, 0.1) is 11.5 Å². The van der Waals surface area contributed by atoms with Crippen LogP contribution in [0.25, 0.3) is 0 Å². The second kappa shape index (κ2) is 5.02. The van der Waals surface area contributed by atoms with Crippen LogP contribution in [0.1, 0.15) is 5.56 Å². The van der Waals surface area contributed by atoms with E-state index in [1.807, 2.05) is 0 Å². The predicted octanol–water partition coefficient (Wildman–Crippen LogP) is 2.92. The van der Waals surface area contributed by atoms with Gasteiger partial charge in [0.05, 0.1) is 5.56 Å². The minimum Gasteiger partial charge on any atom is -0.518 e. The summed E-state index contributed by atoms with van der Waals surface area (Å²) in [5.74, 6) is 3.12. The van der Waals surface area contributed by atoms with Crippen LogP contribution in [0.15, 0.2) is 12.4 Å². The Morgan fingerprint density at radius 3 is 1.94 bits per heavy atom. The molecule has 1 aromatic heterocycles. The van der Waals surface area contributed by atoms with Gasteiger partial charge in [-0.1, -0.05) is 25.6 Å². The molecule has 0 atom stereocenters. The molecule has 0 aliphatic heterocycles. The molecule has 0 unspecified atom stereocenters. The van der Waals surface area contributed by atoms with E-state index >= 15 is 0 Å². The van der Waals surface area contributed by atoms with E-state index < -0.39 is 16.4 Å². The second-order valence-electron chi connectivity index (χ2n) is 5.97. The summed E-state index contributed by atoms with van der Waals surface area (Å²) in [6.07, 6.45) is 3.46. The summed E-state index contributed by atoms with van der Waals surface area (Å²) in [4.78, 5) is 8.36. The quantitative estimate of drug-likeness (QED) is 0.608. The second-order valence-corrected chi connectivity index (χ2v) is 15.1. The van der Waals surface area contributed by atoms with Crippen molar-refractivity contribution in [2.24, 2.45) is 0 Å². The van der Waals surface area contributed by atoms with E-state index in [1.54, 1.807) is 12.4 Å². The molecule has 0 amide bonds. The van der Waals surface area contributed by atoms with E-state index in [-0.39, 0.29) is 0 Å². The Kier molecular flexibility index (Phi) is 4.12. The Morgan fingerprint density at radius 1 is 1.00 bits per heavy atom. The first kappa shape index (κ1) is 13.9. The molecule has 0 aliphatic carbocycles. The molecule has 1 heterocycles. The third-order valence-electron chi connectivity index (χ3n) is 1.61. The molecule has 0 fully saturated rings. The fourth-order valence-electron chi connectivity index (χ4n) is 0.967. The van der Waals surface area contributed by atoms with Gasteiger partial charge < -0.3 is 4.43 Å². The maximum atomic E-state index is 5.68. The highest BCUT2D eigenvalue weighted by Gasteiger charge is 2.17. The average Bonchev–Trinajstić information content (AvgIpc) is 2.13. The lowest BCUT2D eigenvalue weighted by Gasteiger charge is -2.16. The van der Waals surface area contributed by atoms with Crippen LogP contribution in [0.3, 0.4) is 0 Å². The zero-order valence-electron chi connectivity index (χ0n) is 11.5. The molecule has 0 spiro atoms. The summed E-state index contributed by atoms with van der Waals surface area (Å²) in [5, 5.41) is 0. The maximum Gasteiger partial charge on any atom is 0.302 e. The van der Waals surface area contributed by atoms with Crippen molar-refractivity contribution in [3.8, 4) is 17.5 Å². The Bertz CT molecular complexity index is 433. The topological polar surface area (TPSA) is 35.0 Å². The van der Waals surface area contributed by atoms with Crippen LogP contribution in [0.4, 0.5) is 0 Å². The van der Waals surface area contributed by atoms with Crippen LogP contribution < -0.4 is 4.43 Å². The molecular formula is C12H20N2OSi2. The summed E-state index contributed by atoms with van der Waals surface area (Å²) in [6, 6.07) is 0.461. The van der Waals surface area contributed by atoms with Gasteiger partial charge in [-0.25, -0.2) is 9.97 Å². The summed E-state index contributed by atoms with van der Waals surface area (Å²) in [7, 11) is -2.95. The molecule has 92 valence electrons. The first-order valence-corrected chi connectivity index (χ1v) is 12.6. The van der Waals surface area contributed by atoms with Gasteiger partial charge in [0.2, 0.25) is 8.32 Å². The predicted molar refractivity (Wildman–Crippen MR) is 76.2 cm³/mol. The van der Waals surface area contributed by atoms with E-state index in [0.29, 0.717) is 6.01 Å². The van der Waals surface area contributed by atoms with Gasteiger partial charge in [-0.2, -0.15) is 0 Å². The third-order valence-corrected chi connectivity index (χ3v) is 3.28. The number of hydrogen-bond donors (Lipinski definition) is 0. The van der Waals surface area contributed by atoms with E-state index in [9.17, 15) is 0 Å². The Labute approximate surface area is 106 Å². The molecule has 3 nitrogen and oxygen atoms in total. The molecule has 0 saturated heterocycles. The number of nitrogens with zero attached hydrogens (tertiary/aromatic N) is 2. The number of hydrogen-bond acceptors (Lipinski definition) is 3. The van der Waals surface area contributed by atoms with E-state index in [1.165, 1.54) is 0 Å². The Balaban J connectivity index is 2.78. The van der Waals surface area contributed by atoms with Crippen LogP contribution in [0.5, 0.6) is 6.01 Å².